The van der Waals surface area contributed by atoms with Gasteiger partial charge in [0.25, 0.3) is 5.91 Å². The largest absolute Gasteiger partial charge is 0.479 e. The van der Waals surface area contributed by atoms with E-state index in [0.717, 1.165) is 12.1 Å². The van der Waals surface area contributed by atoms with Crippen LogP contribution in [0.3, 0.4) is 0 Å². The Balaban J connectivity index is 1.37. The van der Waals surface area contributed by atoms with Gasteiger partial charge in [0.15, 0.2) is 0 Å². The lowest BCUT2D eigenvalue weighted by Crippen LogP contribution is -2.40. The first-order valence-corrected chi connectivity index (χ1v) is 10.2. The van der Waals surface area contributed by atoms with Crippen molar-refractivity contribution in [2.45, 2.75) is 38.6 Å². The van der Waals surface area contributed by atoms with Gasteiger partial charge in [-0.05, 0) is 44.3 Å². The van der Waals surface area contributed by atoms with E-state index in [0.29, 0.717) is 19.0 Å². The lowest BCUT2D eigenvalue weighted by molar-refractivity contribution is 0.0927. The van der Waals surface area contributed by atoms with Crippen molar-refractivity contribution in [2.24, 2.45) is 5.41 Å². The number of rotatable bonds is 8. The third-order valence-electron chi connectivity index (χ3n) is 5.86. The third-order valence-corrected chi connectivity index (χ3v) is 5.86. The van der Waals surface area contributed by atoms with Crippen LogP contribution < -0.4 is 10.1 Å². The van der Waals surface area contributed by atoms with Gasteiger partial charge in [0.05, 0.1) is 13.7 Å². The molecule has 0 unspecified atom stereocenters. The number of hydrogen-bond acceptors (Lipinski definition) is 5. The van der Waals surface area contributed by atoms with E-state index in [1.54, 1.807) is 11.8 Å². The summed E-state index contributed by atoms with van der Waals surface area (Å²) in [4.78, 5) is 15.3. The molecular formula is C21H29N5O2. The molecule has 2 fully saturated rings. The van der Waals surface area contributed by atoms with Crippen LogP contribution in [-0.4, -0.2) is 59.1 Å². The third kappa shape index (κ3) is 4.35. The predicted octanol–water partition coefficient (Wildman–Crippen LogP) is 2.33. The van der Waals surface area contributed by atoms with Gasteiger partial charge in [-0.2, -0.15) is 0 Å². The first kappa shape index (κ1) is 18.9. The molecule has 150 valence electrons. The van der Waals surface area contributed by atoms with E-state index in [1.165, 1.54) is 45.2 Å². The summed E-state index contributed by atoms with van der Waals surface area (Å²) in [6.45, 7) is 4.68. The molecule has 0 atom stereocenters. The quantitative estimate of drug-likeness (QED) is 0.757. The zero-order valence-corrected chi connectivity index (χ0v) is 16.6. The minimum absolute atomic E-state index is 0.207. The number of nitrogens with zero attached hydrogens (tertiary/aromatic N) is 4. The number of aromatic nitrogens is 3. The summed E-state index contributed by atoms with van der Waals surface area (Å²) >= 11 is 0. The van der Waals surface area contributed by atoms with Crippen molar-refractivity contribution in [2.75, 3.05) is 33.3 Å². The first-order valence-electron chi connectivity index (χ1n) is 10.2. The summed E-state index contributed by atoms with van der Waals surface area (Å²) in [5.41, 5.74) is 1.57. The number of methoxy groups -OCH3 is 1. The summed E-state index contributed by atoms with van der Waals surface area (Å²) in [7, 11) is 1.55. The fourth-order valence-electron chi connectivity index (χ4n) is 4.02. The van der Waals surface area contributed by atoms with Crippen molar-refractivity contribution < 1.29 is 9.53 Å². The topological polar surface area (TPSA) is 72.3 Å². The highest BCUT2D eigenvalue weighted by Crippen LogP contribution is 2.46. The van der Waals surface area contributed by atoms with Crippen molar-refractivity contribution in [1.29, 1.82) is 0 Å². The van der Waals surface area contributed by atoms with Crippen LogP contribution in [0.5, 0.6) is 5.88 Å². The number of nitrogens with one attached hydrogen (secondary N) is 1. The molecule has 2 heterocycles. The Morgan fingerprint density at radius 3 is 2.61 bits per heavy atom. The molecule has 2 aromatic rings. The minimum atomic E-state index is -0.207. The van der Waals surface area contributed by atoms with Gasteiger partial charge in [0.1, 0.15) is 0 Å². The normalized spacial score (nSPS) is 18.6. The van der Waals surface area contributed by atoms with Crippen LogP contribution in [0.4, 0.5) is 0 Å². The fourth-order valence-corrected chi connectivity index (χ4v) is 4.02. The van der Waals surface area contributed by atoms with Crippen LogP contribution >= 0.6 is 0 Å². The molecule has 0 bridgehead atoms. The molecule has 1 saturated carbocycles. The molecule has 28 heavy (non-hydrogen) atoms. The molecule has 1 aromatic carbocycles. The number of amides is 1. The summed E-state index contributed by atoms with van der Waals surface area (Å²) in [6.07, 6.45) is 6.30. The van der Waals surface area contributed by atoms with Crippen LogP contribution in [-0.2, 0) is 6.54 Å². The number of ether oxygens (including phenoxy) is 1. The second-order valence-electron chi connectivity index (χ2n) is 8.11. The van der Waals surface area contributed by atoms with Crippen molar-refractivity contribution in [3.63, 3.8) is 0 Å². The number of hydrogen-bond donors (Lipinski definition) is 1. The molecule has 1 aliphatic heterocycles. The molecule has 2 aliphatic rings. The lowest BCUT2D eigenvalue weighted by Gasteiger charge is -2.30. The highest BCUT2D eigenvalue weighted by atomic mass is 16.5. The number of carbonyl (C=O) groups excluding carboxylic acids is 1. The van der Waals surface area contributed by atoms with Crippen molar-refractivity contribution >= 4 is 5.91 Å². The van der Waals surface area contributed by atoms with Crippen molar-refractivity contribution in [3.05, 3.63) is 41.6 Å². The second kappa shape index (κ2) is 8.31. The van der Waals surface area contributed by atoms with Crippen molar-refractivity contribution in [3.8, 4) is 5.88 Å². The Kier molecular flexibility index (Phi) is 5.62. The number of likely N-dealkylation sites (tertiary alicyclic amines) is 1. The Hall–Kier alpha value is -2.41. The van der Waals surface area contributed by atoms with E-state index in [-0.39, 0.29) is 17.0 Å². The Morgan fingerprint density at radius 2 is 1.93 bits per heavy atom. The Bertz CT molecular complexity index is 794. The molecule has 0 radical (unpaired) electrons. The standard InChI is InChI=1S/C21H29N5O2/c1-28-20-18(23-24-26(20)14-17-8-4-2-5-9-17)19(27)22-15-21(10-11-21)16-25-12-6-3-7-13-25/h2,4-5,8-9H,3,6-7,10-16H2,1H3,(H,22,27). The van der Waals surface area contributed by atoms with Gasteiger partial charge >= 0.3 is 0 Å². The average Bonchev–Trinajstić information content (AvgIpc) is 3.37. The SMILES string of the molecule is COc1c(C(=O)NCC2(CN3CCCCC3)CC2)nnn1Cc1ccccc1. The van der Waals surface area contributed by atoms with E-state index in [4.69, 9.17) is 4.74 Å². The molecule has 4 rings (SSSR count). The average molecular weight is 383 g/mol. The van der Waals surface area contributed by atoms with Gasteiger partial charge in [-0.1, -0.05) is 42.0 Å². The van der Waals surface area contributed by atoms with Gasteiger partial charge in [-0.25, -0.2) is 4.68 Å². The maximum atomic E-state index is 12.7. The van der Waals surface area contributed by atoms with Crippen LogP contribution in [0.25, 0.3) is 0 Å². The van der Waals surface area contributed by atoms with Crippen LogP contribution in [0, 0.1) is 5.41 Å². The van der Waals surface area contributed by atoms with E-state index in [1.807, 2.05) is 30.3 Å². The first-order chi connectivity index (χ1) is 13.7. The Labute approximate surface area is 166 Å². The Morgan fingerprint density at radius 1 is 1.18 bits per heavy atom. The van der Waals surface area contributed by atoms with Crippen LogP contribution in [0.1, 0.15) is 48.2 Å². The van der Waals surface area contributed by atoms with Crippen molar-refractivity contribution in [1.82, 2.24) is 25.2 Å². The van der Waals surface area contributed by atoms with Gasteiger partial charge in [0.2, 0.25) is 11.6 Å². The van der Waals surface area contributed by atoms with E-state index in [2.05, 4.69) is 20.5 Å². The molecule has 1 N–H and O–H groups in total. The van der Waals surface area contributed by atoms with E-state index < -0.39 is 0 Å². The minimum Gasteiger partial charge on any atom is -0.479 e. The zero-order valence-electron chi connectivity index (χ0n) is 16.6. The number of carbonyl (C=O) groups is 1. The predicted molar refractivity (Wildman–Crippen MR) is 106 cm³/mol. The molecule has 7 heteroatoms. The van der Waals surface area contributed by atoms with Gasteiger partial charge in [-0.3, -0.25) is 4.79 Å². The monoisotopic (exact) mass is 383 g/mol. The highest BCUT2D eigenvalue weighted by molar-refractivity contribution is 5.94. The van der Waals surface area contributed by atoms with E-state index >= 15 is 0 Å². The maximum Gasteiger partial charge on any atom is 0.277 e. The van der Waals surface area contributed by atoms with Gasteiger partial charge < -0.3 is 15.0 Å². The molecule has 1 aliphatic carbocycles. The van der Waals surface area contributed by atoms with Gasteiger partial charge in [-0.15, -0.1) is 5.10 Å². The fraction of sp³-hybridized carbons (Fsp3) is 0.571. The van der Waals surface area contributed by atoms with Gasteiger partial charge in [0, 0.05) is 18.5 Å². The maximum absolute atomic E-state index is 12.7. The number of piperidine rings is 1. The molecule has 7 nitrogen and oxygen atoms in total. The molecule has 1 saturated heterocycles. The smallest absolute Gasteiger partial charge is 0.277 e. The van der Waals surface area contributed by atoms with Crippen LogP contribution in [0.15, 0.2) is 30.3 Å². The summed E-state index contributed by atoms with van der Waals surface area (Å²) in [6, 6.07) is 9.95. The molecule has 0 spiro atoms. The molecule has 1 aromatic heterocycles. The molecular weight excluding hydrogens is 354 g/mol. The summed E-state index contributed by atoms with van der Waals surface area (Å²) in [5, 5.41) is 11.3. The summed E-state index contributed by atoms with van der Waals surface area (Å²) < 4.78 is 7.08. The highest BCUT2D eigenvalue weighted by Gasteiger charge is 2.44. The zero-order chi connectivity index (χ0) is 19.4. The molecule has 1 amide bonds. The van der Waals surface area contributed by atoms with E-state index in [9.17, 15) is 4.79 Å². The lowest BCUT2D eigenvalue weighted by atomic mass is 10.0. The summed E-state index contributed by atoms with van der Waals surface area (Å²) in [5.74, 6) is 0.198. The van der Waals surface area contributed by atoms with Crippen LogP contribution in [0.2, 0.25) is 0 Å². The number of benzene rings is 1. The second-order valence-corrected chi connectivity index (χ2v) is 8.11.